The highest BCUT2D eigenvalue weighted by molar-refractivity contribution is 9.08. The average Bonchev–Trinajstić information content (AvgIpc) is 2.24. The molecule has 0 spiro atoms. The summed E-state index contributed by atoms with van der Waals surface area (Å²) in [5.74, 6) is 0. The minimum Gasteiger partial charge on any atom is -0.441 e. The highest BCUT2D eigenvalue weighted by Crippen LogP contribution is 2.36. The number of benzene rings is 1. The maximum Gasteiger partial charge on any atom is 0.405 e. The van der Waals surface area contributed by atoms with Crippen LogP contribution in [-0.4, -0.2) is 6.09 Å². The van der Waals surface area contributed by atoms with E-state index in [0.717, 1.165) is 10.9 Å². The number of alkyl halides is 1. The van der Waals surface area contributed by atoms with Gasteiger partial charge in [-0.25, -0.2) is 4.79 Å². The Morgan fingerprint density at radius 2 is 1.88 bits per heavy atom. The number of carbonyl (C=O) groups excluding carboxylic acids is 1. The molecule has 0 saturated heterocycles. The number of hydrogen-bond donors (Lipinski definition) is 1. The third-order valence-corrected chi connectivity index (χ3v) is 3.10. The molecule has 1 aromatic rings. The zero-order chi connectivity index (χ0) is 13.1. The van der Waals surface area contributed by atoms with Gasteiger partial charge >= 0.3 is 6.09 Å². The van der Waals surface area contributed by atoms with E-state index in [1.807, 2.05) is 45.0 Å². The first-order valence-electron chi connectivity index (χ1n) is 5.45. The van der Waals surface area contributed by atoms with Crippen LogP contribution in [0.4, 0.5) is 4.79 Å². The predicted octanol–water partition coefficient (Wildman–Crippen LogP) is 3.76. The van der Waals surface area contributed by atoms with Crippen LogP contribution in [0.15, 0.2) is 24.3 Å². The fourth-order valence-corrected chi connectivity index (χ4v) is 2.02. The summed E-state index contributed by atoms with van der Waals surface area (Å²) in [5, 5.41) is 0.810. The second-order valence-corrected chi connectivity index (χ2v) is 5.62. The molecule has 0 radical (unpaired) electrons. The molecule has 0 heterocycles. The molecule has 2 N–H and O–H groups in total. The van der Waals surface area contributed by atoms with E-state index in [1.165, 1.54) is 5.56 Å². The summed E-state index contributed by atoms with van der Waals surface area (Å²) in [6, 6.07) is 7.95. The molecule has 4 heteroatoms. The molecule has 0 aliphatic heterocycles. The van der Waals surface area contributed by atoms with E-state index in [2.05, 4.69) is 15.9 Å². The monoisotopic (exact) mass is 299 g/mol. The van der Waals surface area contributed by atoms with Gasteiger partial charge in [0.05, 0.1) is 0 Å². The van der Waals surface area contributed by atoms with Crippen molar-refractivity contribution >= 4 is 22.0 Å². The number of hydrogen-bond acceptors (Lipinski definition) is 2. The van der Waals surface area contributed by atoms with Crippen molar-refractivity contribution in [3.05, 3.63) is 35.4 Å². The second-order valence-electron chi connectivity index (χ2n) is 5.06. The van der Waals surface area contributed by atoms with Gasteiger partial charge in [0.25, 0.3) is 0 Å². The summed E-state index contributed by atoms with van der Waals surface area (Å²) in [6.07, 6.45) is -1.07. The molecular formula is C13H18BrNO2. The Morgan fingerprint density at radius 1 is 1.35 bits per heavy atom. The van der Waals surface area contributed by atoms with Gasteiger partial charge < -0.3 is 10.5 Å². The van der Waals surface area contributed by atoms with Crippen molar-refractivity contribution in [1.29, 1.82) is 0 Å². The summed E-state index contributed by atoms with van der Waals surface area (Å²) in [4.78, 5) is 10.9. The molecule has 1 rings (SSSR count). The normalized spacial score (nSPS) is 13.2. The number of primary amides is 1. The maximum absolute atomic E-state index is 10.9. The SMILES string of the molecule is CC(C)(C)C(OC(N)=O)c1ccc(CBr)cc1. The molecule has 1 atom stereocenters. The van der Waals surface area contributed by atoms with Gasteiger partial charge in [-0.2, -0.15) is 0 Å². The molecule has 94 valence electrons. The van der Waals surface area contributed by atoms with E-state index >= 15 is 0 Å². The minimum absolute atomic E-state index is 0.190. The van der Waals surface area contributed by atoms with Crippen molar-refractivity contribution in [2.75, 3.05) is 0 Å². The molecule has 0 saturated carbocycles. The zero-order valence-electron chi connectivity index (χ0n) is 10.4. The lowest BCUT2D eigenvalue weighted by molar-refractivity contribution is 0.0360. The first-order chi connectivity index (χ1) is 7.84. The van der Waals surface area contributed by atoms with Crippen molar-refractivity contribution in [1.82, 2.24) is 0 Å². The first kappa shape index (κ1) is 14.0. The van der Waals surface area contributed by atoms with Crippen molar-refractivity contribution in [3.63, 3.8) is 0 Å². The molecule has 1 aromatic carbocycles. The van der Waals surface area contributed by atoms with Crippen LogP contribution in [0.25, 0.3) is 0 Å². The van der Waals surface area contributed by atoms with E-state index in [0.29, 0.717) is 0 Å². The lowest BCUT2D eigenvalue weighted by Gasteiger charge is -2.30. The number of ether oxygens (including phenoxy) is 1. The van der Waals surface area contributed by atoms with Gasteiger partial charge in [0.1, 0.15) is 6.10 Å². The fourth-order valence-electron chi connectivity index (χ4n) is 1.64. The smallest absolute Gasteiger partial charge is 0.405 e. The molecule has 3 nitrogen and oxygen atoms in total. The van der Waals surface area contributed by atoms with Crippen LogP contribution in [0.2, 0.25) is 0 Å². The number of nitrogens with two attached hydrogens (primary N) is 1. The van der Waals surface area contributed by atoms with Crippen LogP contribution in [0.5, 0.6) is 0 Å². The van der Waals surface area contributed by atoms with E-state index < -0.39 is 6.09 Å². The van der Waals surface area contributed by atoms with Gasteiger partial charge in [-0.15, -0.1) is 0 Å². The molecule has 0 aliphatic rings. The fraction of sp³-hybridized carbons (Fsp3) is 0.462. The van der Waals surface area contributed by atoms with Gasteiger partial charge in [0.15, 0.2) is 0 Å². The Labute approximate surface area is 110 Å². The van der Waals surface area contributed by atoms with Gasteiger partial charge in [-0.3, -0.25) is 0 Å². The number of amides is 1. The zero-order valence-corrected chi connectivity index (χ0v) is 12.0. The van der Waals surface area contributed by atoms with Crippen LogP contribution < -0.4 is 5.73 Å². The third-order valence-electron chi connectivity index (χ3n) is 2.46. The van der Waals surface area contributed by atoms with Crippen LogP contribution in [0, 0.1) is 5.41 Å². The van der Waals surface area contributed by atoms with Gasteiger partial charge in [0.2, 0.25) is 0 Å². The van der Waals surface area contributed by atoms with E-state index in [1.54, 1.807) is 0 Å². The quantitative estimate of drug-likeness (QED) is 0.864. The van der Waals surface area contributed by atoms with Crippen LogP contribution in [-0.2, 0) is 10.1 Å². The summed E-state index contributed by atoms with van der Waals surface area (Å²) < 4.78 is 5.20. The maximum atomic E-state index is 10.9. The van der Waals surface area contributed by atoms with Gasteiger partial charge in [0, 0.05) is 10.7 Å². The van der Waals surface area contributed by atoms with E-state index in [9.17, 15) is 4.79 Å². The molecule has 0 aromatic heterocycles. The molecule has 0 fully saturated rings. The Bertz CT molecular complexity index is 381. The molecular weight excluding hydrogens is 282 g/mol. The van der Waals surface area contributed by atoms with Gasteiger partial charge in [-0.05, 0) is 11.1 Å². The molecule has 0 bridgehead atoms. The topological polar surface area (TPSA) is 52.3 Å². The minimum atomic E-state index is -0.741. The Morgan fingerprint density at radius 3 is 2.24 bits per heavy atom. The van der Waals surface area contributed by atoms with E-state index in [-0.39, 0.29) is 11.5 Å². The molecule has 1 amide bonds. The van der Waals surface area contributed by atoms with Crippen molar-refractivity contribution < 1.29 is 9.53 Å². The van der Waals surface area contributed by atoms with Crippen LogP contribution >= 0.6 is 15.9 Å². The van der Waals surface area contributed by atoms with Crippen LogP contribution in [0.1, 0.15) is 38.0 Å². The number of carbonyl (C=O) groups is 1. The number of halogens is 1. The molecule has 1 unspecified atom stereocenters. The lowest BCUT2D eigenvalue weighted by atomic mass is 9.84. The standard InChI is InChI=1S/C13H18BrNO2/c1-13(2,3)11(17-12(15)16)10-6-4-9(8-14)5-7-10/h4-7,11H,8H2,1-3H3,(H2,15,16). The summed E-state index contributed by atoms with van der Waals surface area (Å²) >= 11 is 3.39. The summed E-state index contributed by atoms with van der Waals surface area (Å²) in [5.41, 5.74) is 7.07. The van der Waals surface area contributed by atoms with Crippen molar-refractivity contribution in [2.45, 2.75) is 32.2 Å². The Hall–Kier alpha value is -1.03. The third kappa shape index (κ3) is 4.04. The van der Waals surface area contributed by atoms with Crippen molar-refractivity contribution in [2.24, 2.45) is 11.1 Å². The lowest BCUT2D eigenvalue weighted by Crippen LogP contribution is -2.26. The van der Waals surface area contributed by atoms with Crippen molar-refractivity contribution in [3.8, 4) is 0 Å². The number of rotatable bonds is 3. The largest absolute Gasteiger partial charge is 0.441 e. The highest BCUT2D eigenvalue weighted by atomic mass is 79.9. The molecule has 17 heavy (non-hydrogen) atoms. The summed E-state index contributed by atoms with van der Waals surface area (Å²) in [6.45, 7) is 6.04. The Kier molecular flexibility index (Phi) is 4.57. The average molecular weight is 300 g/mol. The first-order valence-corrected chi connectivity index (χ1v) is 6.57. The van der Waals surface area contributed by atoms with Gasteiger partial charge in [-0.1, -0.05) is 61.0 Å². The summed E-state index contributed by atoms with van der Waals surface area (Å²) in [7, 11) is 0. The van der Waals surface area contributed by atoms with E-state index in [4.69, 9.17) is 10.5 Å². The Balaban J connectivity index is 3.00. The molecule has 0 aliphatic carbocycles. The van der Waals surface area contributed by atoms with Crippen LogP contribution in [0.3, 0.4) is 0 Å². The predicted molar refractivity (Wildman–Crippen MR) is 71.9 cm³/mol. The highest BCUT2D eigenvalue weighted by Gasteiger charge is 2.29. The second kappa shape index (κ2) is 5.54.